The van der Waals surface area contributed by atoms with Crippen molar-refractivity contribution in [3.8, 4) is 0 Å². The lowest BCUT2D eigenvalue weighted by Gasteiger charge is -2.33. The normalized spacial score (nSPS) is 14.7. The molecule has 2 aromatic carbocycles. The van der Waals surface area contributed by atoms with E-state index in [4.69, 9.17) is 0 Å². The number of anilines is 1. The van der Waals surface area contributed by atoms with Crippen LogP contribution in [0.4, 0.5) is 10.1 Å². The zero-order valence-electron chi connectivity index (χ0n) is 18.8. The first-order valence-corrected chi connectivity index (χ1v) is 12.4. The van der Waals surface area contributed by atoms with E-state index in [1.165, 1.54) is 22.3 Å². The SMILES string of the molecule is CCc1ccccc1N(C(=O)Cc1cccs1)[C@@H](C(=O)NC1CCCC1)c1ccccc1F. The standard InChI is InChI=1S/C27H29FN2O2S/c1-2-19-10-3-8-16-24(19)30(25(31)18-21-13-9-17-33-21)26(22-14-6-7-15-23(22)28)27(32)29-20-11-4-5-12-20/h3,6-10,13-17,20,26H,2,4-5,11-12,18H2,1H3,(H,29,32)/t26-/m1/s1. The van der Waals surface area contributed by atoms with Gasteiger partial charge < -0.3 is 5.32 Å². The third kappa shape index (κ3) is 5.33. The summed E-state index contributed by atoms with van der Waals surface area (Å²) in [6.07, 6.45) is 4.78. The van der Waals surface area contributed by atoms with Gasteiger partial charge in [-0.3, -0.25) is 14.5 Å². The Hall–Kier alpha value is -2.99. The summed E-state index contributed by atoms with van der Waals surface area (Å²) in [7, 11) is 0. The third-order valence-electron chi connectivity index (χ3n) is 6.21. The molecule has 1 aliphatic rings. The summed E-state index contributed by atoms with van der Waals surface area (Å²) < 4.78 is 15.1. The van der Waals surface area contributed by atoms with Crippen molar-refractivity contribution in [2.75, 3.05) is 4.90 Å². The Morgan fingerprint density at radius 1 is 1.06 bits per heavy atom. The van der Waals surface area contributed by atoms with Crippen molar-refractivity contribution in [3.63, 3.8) is 0 Å². The molecule has 33 heavy (non-hydrogen) atoms. The van der Waals surface area contributed by atoms with E-state index in [-0.39, 0.29) is 29.8 Å². The molecule has 0 aliphatic heterocycles. The van der Waals surface area contributed by atoms with Crippen molar-refractivity contribution in [1.29, 1.82) is 0 Å². The van der Waals surface area contributed by atoms with Gasteiger partial charge in [0.1, 0.15) is 11.9 Å². The maximum absolute atomic E-state index is 15.1. The van der Waals surface area contributed by atoms with Crippen LogP contribution >= 0.6 is 11.3 Å². The van der Waals surface area contributed by atoms with Crippen LogP contribution in [0.15, 0.2) is 66.0 Å². The summed E-state index contributed by atoms with van der Waals surface area (Å²) in [5.74, 6) is -1.06. The van der Waals surface area contributed by atoms with Gasteiger partial charge in [-0.15, -0.1) is 11.3 Å². The highest BCUT2D eigenvalue weighted by Gasteiger charge is 2.36. The Bertz CT molecular complexity index is 1090. The average molecular weight is 465 g/mol. The van der Waals surface area contributed by atoms with Crippen LogP contribution < -0.4 is 10.2 Å². The number of carbonyl (C=O) groups excluding carboxylic acids is 2. The highest BCUT2D eigenvalue weighted by molar-refractivity contribution is 7.10. The maximum atomic E-state index is 15.1. The van der Waals surface area contributed by atoms with Gasteiger partial charge in [-0.25, -0.2) is 4.39 Å². The Labute approximate surface area is 198 Å². The van der Waals surface area contributed by atoms with Gasteiger partial charge in [0.05, 0.1) is 6.42 Å². The number of aryl methyl sites for hydroxylation is 1. The molecule has 2 amide bonds. The van der Waals surface area contributed by atoms with Crippen molar-refractivity contribution >= 4 is 28.8 Å². The number of nitrogens with one attached hydrogen (secondary N) is 1. The van der Waals surface area contributed by atoms with E-state index in [1.54, 1.807) is 18.2 Å². The van der Waals surface area contributed by atoms with E-state index in [0.717, 1.165) is 36.1 Å². The number of amides is 2. The number of thiophene rings is 1. The summed E-state index contributed by atoms with van der Waals surface area (Å²) in [4.78, 5) is 29.9. The summed E-state index contributed by atoms with van der Waals surface area (Å²) in [5.41, 5.74) is 1.79. The number of halogens is 1. The van der Waals surface area contributed by atoms with Gasteiger partial charge in [0.25, 0.3) is 0 Å². The molecule has 1 saturated carbocycles. The van der Waals surface area contributed by atoms with E-state index in [1.807, 2.05) is 48.7 Å². The van der Waals surface area contributed by atoms with Crippen molar-refractivity contribution < 1.29 is 14.0 Å². The van der Waals surface area contributed by atoms with Gasteiger partial charge >= 0.3 is 0 Å². The molecule has 0 spiro atoms. The fourth-order valence-corrected chi connectivity index (χ4v) is 5.25. The molecule has 4 rings (SSSR count). The zero-order chi connectivity index (χ0) is 23.2. The molecule has 6 heteroatoms. The fraction of sp³-hybridized carbons (Fsp3) is 0.333. The second-order valence-corrected chi connectivity index (χ2v) is 9.45. The fourth-order valence-electron chi connectivity index (χ4n) is 4.55. The van der Waals surface area contributed by atoms with E-state index in [2.05, 4.69) is 5.32 Å². The molecule has 1 aliphatic carbocycles. The highest BCUT2D eigenvalue weighted by Crippen LogP contribution is 2.33. The van der Waals surface area contributed by atoms with Gasteiger partial charge in [0, 0.05) is 22.2 Å². The zero-order valence-corrected chi connectivity index (χ0v) is 19.6. The monoisotopic (exact) mass is 464 g/mol. The van der Waals surface area contributed by atoms with Gasteiger partial charge in [0.2, 0.25) is 11.8 Å². The number of rotatable bonds is 8. The second-order valence-electron chi connectivity index (χ2n) is 8.42. The van der Waals surface area contributed by atoms with Crippen molar-refractivity contribution in [2.45, 2.75) is 57.5 Å². The summed E-state index contributed by atoms with van der Waals surface area (Å²) in [6.45, 7) is 2.01. The predicted octanol–water partition coefficient (Wildman–Crippen LogP) is 5.83. The molecular weight excluding hydrogens is 435 g/mol. The van der Waals surface area contributed by atoms with Gasteiger partial charge in [-0.2, -0.15) is 0 Å². The molecule has 4 nitrogen and oxygen atoms in total. The number of nitrogens with zero attached hydrogens (tertiary/aromatic N) is 1. The molecule has 1 fully saturated rings. The minimum absolute atomic E-state index is 0.0578. The molecule has 0 saturated heterocycles. The second kappa shape index (κ2) is 10.8. The lowest BCUT2D eigenvalue weighted by atomic mass is 9.99. The van der Waals surface area contributed by atoms with Crippen LogP contribution in [-0.2, 0) is 22.4 Å². The van der Waals surface area contributed by atoms with Crippen LogP contribution in [0.3, 0.4) is 0 Å². The summed E-state index contributed by atoms with van der Waals surface area (Å²) in [5, 5.41) is 5.03. The van der Waals surface area contributed by atoms with E-state index in [9.17, 15) is 9.59 Å². The molecule has 1 heterocycles. The van der Waals surface area contributed by atoms with Crippen LogP contribution in [0.2, 0.25) is 0 Å². The number of para-hydroxylation sites is 1. The van der Waals surface area contributed by atoms with Gasteiger partial charge in [-0.05, 0) is 48.4 Å². The largest absolute Gasteiger partial charge is 0.351 e. The number of carbonyl (C=O) groups is 2. The first-order chi connectivity index (χ1) is 16.1. The van der Waals surface area contributed by atoms with Crippen LogP contribution in [-0.4, -0.2) is 17.9 Å². The minimum Gasteiger partial charge on any atom is -0.351 e. The summed E-state index contributed by atoms with van der Waals surface area (Å²) in [6, 6.07) is 16.6. The highest BCUT2D eigenvalue weighted by atomic mass is 32.1. The molecule has 1 aromatic heterocycles. The lowest BCUT2D eigenvalue weighted by Crippen LogP contribution is -2.47. The molecule has 0 unspecified atom stereocenters. The molecule has 0 radical (unpaired) electrons. The smallest absolute Gasteiger partial charge is 0.248 e. The molecule has 1 N–H and O–H groups in total. The van der Waals surface area contributed by atoms with Gasteiger partial charge in [-0.1, -0.05) is 62.2 Å². The van der Waals surface area contributed by atoms with E-state index in [0.29, 0.717) is 12.1 Å². The first-order valence-electron chi connectivity index (χ1n) is 11.6. The Kier molecular flexibility index (Phi) is 7.55. The van der Waals surface area contributed by atoms with Crippen molar-refractivity contribution in [1.82, 2.24) is 5.32 Å². The van der Waals surface area contributed by atoms with Gasteiger partial charge in [0.15, 0.2) is 0 Å². The van der Waals surface area contributed by atoms with Crippen LogP contribution in [0.1, 0.15) is 54.7 Å². The van der Waals surface area contributed by atoms with Crippen LogP contribution in [0.5, 0.6) is 0 Å². The average Bonchev–Trinajstić information content (AvgIpc) is 3.52. The van der Waals surface area contributed by atoms with E-state index >= 15 is 4.39 Å². The Morgan fingerprint density at radius 2 is 1.79 bits per heavy atom. The van der Waals surface area contributed by atoms with Crippen LogP contribution in [0.25, 0.3) is 0 Å². The number of hydrogen-bond donors (Lipinski definition) is 1. The quantitative estimate of drug-likeness (QED) is 0.456. The first kappa shape index (κ1) is 23.2. The summed E-state index contributed by atoms with van der Waals surface area (Å²) >= 11 is 1.50. The lowest BCUT2D eigenvalue weighted by molar-refractivity contribution is -0.127. The molecular formula is C27H29FN2O2S. The van der Waals surface area contributed by atoms with Crippen LogP contribution in [0, 0.1) is 5.82 Å². The van der Waals surface area contributed by atoms with E-state index < -0.39 is 11.9 Å². The Morgan fingerprint density at radius 3 is 2.48 bits per heavy atom. The Balaban J connectivity index is 1.81. The topological polar surface area (TPSA) is 49.4 Å². The molecule has 172 valence electrons. The predicted molar refractivity (Wildman–Crippen MR) is 131 cm³/mol. The number of benzene rings is 2. The number of hydrogen-bond acceptors (Lipinski definition) is 3. The van der Waals surface area contributed by atoms with Crippen molar-refractivity contribution in [3.05, 3.63) is 87.9 Å². The minimum atomic E-state index is -1.09. The molecule has 0 bridgehead atoms. The van der Waals surface area contributed by atoms with Crippen molar-refractivity contribution in [2.24, 2.45) is 0 Å². The molecule has 3 aromatic rings. The molecule has 1 atom stereocenters. The third-order valence-corrected chi connectivity index (χ3v) is 7.09. The maximum Gasteiger partial charge on any atom is 0.248 e.